The first kappa shape index (κ1) is 11.5. The Morgan fingerprint density at radius 1 is 1.59 bits per heavy atom. The maximum absolute atomic E-state index is 11.8. The fourth-order valence-electron chi connectivity index (χ4n) is 1.79. The zero-order chi connectivity index (χ0) is 12.4. The lowest BCUT2D eigenvalue weighted by Crippen LogP contribution is -2.28. The number of nitrogens with zero attached hydrogens (tertiary/aromatic N) is 3. The molecule has 1 unspecified atom stereocenters. The SMILES string of the molecule is COC(=O)C1CC(=O)N(c2nccc(C)n2)C1. The number of esters is 1. The second-order valence-corrected chi connectivity index (χ2v) is 3.93. The third-order valence-corrected chi connectivity index (χ3v) is 2.68. The Labute approximate surface area is 98.6 Å². The number of methoxy groups -OCH3 is 1. The van der Waals surface area contributed by atoms with E-state index in [2.05, 4.69) is 14.7 Å². The van der Waals surface area contributed by atoms with E-state index in [9.17, 15) is 9.59 Å². The van der Waals surface area contributed by atoms with Crippen LogP contribution in [0, 0.1) is 12.8 Å². The van der Waals surface area contributed by atoms with Crippen molar-refractivity contribution in [3.05, 3.63) is 18.0 Å². The number of carbonyl (C=O) groups is 2. The first-order valence-corrected chi connectivity index (χ1v) is 5.29. The van der Waals surface area contributed by atoms with Crippen LogP contribution in [0.5, 0.6) is 0 Å². The molecule has 1 aliphatic heterocycles. The average molecular weight is 235 g/mol. The molecule has 0 bridgehead atoms. The zero-order valence-electron chi connectivity index (χ0n) is 9.71. The summed E-state index contributed by atoms with van der Waals surface area (Å²) in [5, 5.41) is 0. The molecule has 1 aromatic rings. The van der Waals surface area contributed by atoms with E-state index in [4.69, 9.17) is 0 Å². The van der Waals surface area contributed by atoms with E-state index in [0.29, 0.717) is 5.95 Å². The Hall–Kier alpha value is -1.98. The number of hydrogen-bond acceptors (Lipinski definition) is 5. The van der Waals surface area contributed by atoms with E-state index < -0.39 is 5.92 Å². The number of aromatic nitrogens is 2. The molecule has 0 N–H and O–H groups in total. The standard InChI is InChI=1S/C11H13N3O3/c1-7-3-4-12-11(13-7)14-6-8(5-9(14)15)10(16)17-2/h3-4,8H,5-6H2,1-2H3. The number of ether oxygens (including phenoxy) is 1. The third kappa shape index (κ3) is 2.25. The minimum absolute atomic E-state index is 0.147. The predicted molar refractivity (Wildman–Crippen MR) is 59.2 cm³/mol. The third-order valence-electron chi connectivity index (χ3n) is 2.68. The number of carbonyl (C=O) groups excluding carboxylic acids is 2. The zero-order valence-corrected chi connectivity index (χ0v) is 9.71. The Morgan fingerprint density at radius 3 is 3.00 bits per heavy atom. The van der Waals surface area contributed by atoms with Crippen molar-refractivity contribution in [1.82, 2.24) is 9.97 Å². The van der Waals surface area contributed by atoms with Gasteiger partial charge < -0.3 is 4.74 Å². The van der Waals surface area contributed by atoms with Gasteiger partial charge in [-0.15, -0.1) is 0 Å². The molecule has 2 heterocycles. The number of anilines is 1. The summed E-state index contributed by atoms with van der Waals surface area (Å²) in [5.41, 5.74) is 0.782. The predicted octanol–water partition coefficient (Wildman–Crippen LogP) is 0.311. The molecule has 0 spiro atoms. The maximum atomic E-state index is 11.8. The van der Waals surface area contributed by atoms with Crippen LogP contribution in [0.15, 0.2) is 12.3 Å². The maximum Gasteiger partial charge on any atom is 0.311 e. The van der Waals surface area contributed by atoms with Gasteiger partial charge in [-0.05, 0) is 13.0 Å². The van der Waals surface area contributed by atoms with Gasteiger partial charge in [0.25, 0.3) is 0 Å². The van der Waals surface area contributed by atoms with Gasteiger partial charge in [0.15, 0.2) is 0 Å². The monoisotopic (exact) mass is 235 g/mol. The van der Waals surface area contributed by atoms with Gasteiger partial charge in [-0.2, -0.15) is 0 Å². The van der Waals surface area contributed by atoms with Crippen molar-refractivity contribution in [3.63, 3.8) is 0 Å². The first-order valence-electron chi connectivity index (χ1n) is 5.29. The van der Waals surface area contributed by atoms with Gasteiger partial charge in [0.2, 0.25) is 11.9 Å². The summed E-state index contributed by atoms with van der Waals surface area (Å²) in [6, 6.07) is 1.75. The van der Waals surface area contributed by atoms with Gasteiger partial charge in [0.05, 0.1) is 13.0 Å². The lowest BCUT2D eigenvalue weighted by atomic mass is 10.1. The van der Waals surface area contributed by atoms with Gasteiger partial charge in [0, 0.05) is 24.9 Å². The van der Waals surface area contributed by atoms with Crippen molar-refractivity contribution < 1.29 is 14.3 Å². The second kappa shape index (κ2) is 4.48. The van der Waals surface area contributed by atoms with Crippen LogP contribution in [0.25, 0.3) is 0 Å². The van der Waals surface area contributed by atoms with Gasteiger partial charge in [-0.1, -0.05) is 0 Å². The molecule has 1 saturated heterocycles. The van der Waals surface area contributed by atoms with Gasteiger partial charge in [0.1, 0.15) is 0 Å². The summed E-state index contributed by atoms with van der Waals surface area (Å²) in [4.78, 5) is 32.7. The van der Waals surface area contributed by atoms with Crippen molar-refractivity contribution in [2.75, 3.05) is 18.6 Å². The van der Waals surface area contributed by atoms with E-state index in [0.717, 1.165) is 5.69 Å². The van der Waals surface area contributed by atoms with Crippen molar-refractivity contribution >= 4 is 17.8 Å². The molecule has 90 valence electrons. The highest BCUT2D eigenvalue weighted by Crippen LogP contribution is 2.22. The summed E-state index contributed by atoms with van der Waals surface area (Å²) in [6.07, 6.45) is 1.75. The molecule has 0 radical (unpaired) electrons. The van der Waals surface area contributed by atoms with Crippen molar-refractivity contribution in [1.29, 1.82) is 0 Å². The van der Waals surface area contributed by atoms with Crippen LogP contribution < -0.4 is 4.90 Å². The number of amides is 1. The average Bonchev–Trinajstić information content (AvgIpc) is 2.70. The number of rotatable bonds is 2. The molecule has 6 nitrogen and oxygen atoms in total. The fourth-order valence-corrected chi connectivity index (χ4v) is 1.79. The second-order valence-electron chi connectivity index (χ2n) is 3.93. The fraction of sp³-hybridized carbons (Fsp3) is 0.455. The van der Waals surface area contributed by atoms with Crippen LogP contribution >= 0.6 is 0 Å². The molecule has 0 aliphatic carbocycles. The van der Waals surface area contributed by atoms with Crippen molar-refractivity contribution in [2.45, 2.75) is 13.3 Å². The van der Waals surface area contributed by atoms with Crippen LogP contribution in [-0.2, 0) is 14.3 Å². The Balaban J connectivity index is 2.18. The van der Waals surface area contributed by atoms with Crippen molar-refractivity contribution in [2.24, 2.45) is 5.92 Å². The van der Waals surface area contributed by atoms with E-state index in [1.165, 1.54) is 12.0 Å². The Kier molecular flexibility index (Phi) is 3.03. The van der Waals surface area contributed by atoms with E-state index in [1.54, 1.807) is 12.3 Å². The highest BCUT2D eigenvalue weighted by molar-refractivity contribution is 5.98. The summed E-state index contributed by atoms with van der Waals surface area (Å²) in [6.45, 7) is 2.11. The Morgan fingerprint density at radius 2 is 2.35 bits per heavy atom. The molecule has 0 aromatic carbocycles. The smallest absolute Gasteiger partial charge is 0.311 e. The lowest BCUT2D eigenvalue weighted by molar-refractivity contribution is -0.145. The molecule has 0 saturated carbocycles. The van der Waals surface area contributed by atoms with E-state index >= 15 is 0 Å². The molecule has 1 fully saturated rings. The van der Waals surface area contributed by atoms with Crippen LogP contribution in [0.3, 0.4) is 0 Å². The largest absolute Gasteiger partial charge is 0.469 e. The molecular formula is C11H13N3O3. The van der Waals surface area contributed by atoms with Crippen LogP contribution in [-0.4, -0.2) is 35.5 Å². The molecular weight excluding hydrogens is 222 g/mol. The van der Waals surface area contributed by atoms with E-state index in [1.807, 2.05) is 6.92 Å². The lowest BCUT2D eigenvalue weighted by Gasteiger charge is -2.13. The normalized spacial score (nSPS) is 19.5. The molecule has 1 amide bonds. The van der Waals surface area contributed by atoms with Crippen molar-refractivity contribution in [3.8, 4) is 0 Å². The molecule has 1 atom stereocenters. The van der Waals surface area contributed by atoms with Crippen LogP contribution in [0.1, 0.15) is 12.1 Å². The summed E-state index contributed by atoms with van der Waals surface area (Å²) in [5.74, 6) is -0.586. The number of hydrogen-bond donors (Lipinski definition) is 0. The van der Waals surface area contributed by atoms with Gasteiger partial charge in [-0.25, -0.2) is 9.97 Å². The Bertz CT molecular complexity index is 461. The van der Waals surface area contributed by atoms with Crippen LogP contribution in [0.2, 0.25) is 0 Å². The summed E-state index contributed by atoms with van der Waals surface area (Å²) >= 11 is 0. The molecule has 2 rings (SSSR count). The summed E-state index contributed by atoms with van der Waals surface area (Å²) < 4.78 is 4.63. The number of aryl methyl sites for hydroxylation is 1. The molecule has 1 aliphatic rings. The molecule has 6 heteroatoms. The van der Waals surface area contributed by atoms with Crippen LogP contribution in [0.4, 0.5) is 5.95 Å². The highest BCUT2D eigenvalue weighted by atomic mass is 16.5. The minimum Gasteiger partial charge on any atom is -0.469 e. The minimum atomic E-state index is -0.420. The molecule has 17 heavy (non-hydrogen) atoms. The molecule has 1 aromatic heterocycles. The van der Waals surface area contributed by atoms with E-state index in [-0.39, 0.29) is 24.8 Å². The van der Waals surface area contributed by atoms with Gasteiger partial charge in [-0.3, -0.25) is 14.5 Å². The first-order chi connectivity index (χ1) is 8.11. The highest BCUT2D eigenvalue weighted by Gasteiger charge is 2.36. The summed E-state index contributed by atoms with van der Waals surface area (Å²) in [7, 11) is 1.32. The van der Waals surface area contributed by atoms with Gasteiger partial charge >= 0.3 is 5.97 Å². The quantitative estimate of drug-likeness (QED) is 0.690. The topological polar surface area (TPSA) is 72.4 Å².